The van der Waals surface area contributed by atoms with E-state index in [0.29, 0.717) is 0 Å². The fourth-order valence-corrected chi connectivity index (χ4v) is 11.0. The molecule has 0 atom stereocenters. The zero-order chi connectivity index (χ0) is 49.1. The molecular formula is C68H66N2. The standard InChI is InChI=1S/C68H66N2/c1-65(2,3)44-24-32-48(33-25-44)69(49-34-26-45(27-35-49)66(4,5)6)63-55-20-15-16-21-56(55)64(70(50-36-28-46(29-37-50)67(7,8)9)51-38-30-47(31-39-51)68(10,11)12)61-42-58-57(41-60(61)63)54-23-17-22-53-52-19-14-13-18-43(52)40-59(58)62(53)54/h13-42H,1-12H3. The van der Waals surface area contributed by atoms with Crippen LogP contribution < -0.4 is 9.80 Å². The van der Waals surface area contributed by atoms with Crippen molar-refractivity contribution in [3.8, 4) is 22.3 Å². The molecule has 0 saturated carbocycles. The van der Waals surface area contributed by atoms with Crippen LogP contribution in [0, 0.1) is 0 Å². The van der Waals surface area contributed by atoms with Gasteiger partial charge in [0.15, 0.2) is 0 Å². The number of rotatable bonds is 6. The second-order valence-electron chi connectivity index (χ2n) is 23.9. The van der Waals surface area contributed by atoms with Gasteiger partial charge in [-0.05, 0) is 154 Å². The molecule has 0 spiro atoms. The Kier molecular flexibility index (Phi) is 10.5. The minimum absolute atomic E-state index is 0.0130. The van der Waals surface area contributed by atoms with Gasteiger partial charge < -0.3 is 9.80 Å². The number of benzene rings is 10. The Morgan fingerprint density at radius 2 is 0.586 bits per heavy atom. The molecule has 0 amide bonds. The fourth-order valence-electron chi connectivity index (χ4n) is 11.0. The second kappa shape index (κ2) is 16.2. The van der Waals surface area contributed by atoms with Crippen molar-refractivity contribution < 1.29 is 0 Å². The Hall–Kier alpha value is -7.16. The molecule has 0 N–H and O–H groups in total. The lowest BCUT2D eigenvalue weighted by Gasteiger charge is -2.34. The Balaban J connectivity index is 1.30. The maximum absolute atomic E-state index is 2.54. The SMILES string of the molecule is CC(C)(C)c1ccc(N(c2ccc(C(C)(C)C)cc2)c2c3ccccc3c(N(c3ccc(C(C)(C)C)cc3)c3ccc(C(C)(C)C)cc3)c3cc4c(cc23)-c2cccc3c2c-4cc2ccccc23)cc1. The van der Waals surface area contributed by atoms with Crippen molar-refractivity contribution in [3.05, 3.63) is 204 Å². The van der Waals surface area contributed by atoms with Crippen LogP contribution in [0.5, 0.6) is 0 Å². The fraction of sp³-hybridized carbons (Fsp3) is 0.235. The molecule has 2 nitrogen and oxygen atoms in total. The summed E-state index contributed by atoms with van der Waals surface area (Å²) in [6, 6.07) is 69.8. The van der Waals surface area contributed by atoms with Crippen molar-refractivity contribution in [3.63, 3.8) is 0 Å². The zero-order valence-electron chi connectivity index (χ0n) is 43.2. The highest BCUT2D eigenvalue weighted by atomic mass is 15.2. The van der Waals surface area contributed by atoms with E-state index in [1.807, 2.05) is 0 Å². The molecule has 0 fully saturated rings. The van der Waals surface area contributed by atoms with E-state index in [1.165, 1.54) is 99.0 Å². The van der Waals surface area contributed by atoms with Gasteiger partial charge in [0.2, 0.25) is 0 Å². The average molecular weight is 911 g/mol. The first-order chi connectivity index (χ1) is 33.3. The van der Waals surface area contributed by atoms with Crippen LogP contribution in [-0.4, -0.2) is 0 Å². The van der Waals surface area contributed by atoms with Gasteiger partial charge in [0.05, 0.1) is 11.4 Å². The van der Waals surface area contributed by atoms with E-state index in [2.05, 4.69) is 275 Å². The molecule has 0 bridgehead atoms. The number of hydrogen-bond acceptors (Lipinski definition) is 2. The van der Waals surface area contributed by atoms with E-state index >= 15 is 0 Å². The third-order valence-electron chi connectivity index (χ3n) is 15.0. The Bertz CT molecular complexity index is 3520. The summed E-state index contributed by atoms with van der Waals surface area (Å²) in [4.78, 5) is 5.08. The van der Waals surface area contributed by atoms with Crippen LogP contribution in [0.1, 0.15) is 105 Å². The van der Waals surface area contributed by atoms with Crippen LogP contribution in [0.4, 0.5) is 34.1 Å². The lowest BCUT2D eigenvalue weighted by Crippen LogP contribution is -2.17. The highest BCUT2D eigenvalue weighted by Gasteiger charge is 2.31. The Morgan fingerprint density at radius 1 is 0.257 bits per heavy atom. The summed E-state index contributed by atoms with van der Waals surface area (Å²) in [7, 11) is 0. The minimum Gasteiger partial charge on any atom is -0.309 e. The molecule has 0 unspecified atom stereocenters. The van der Waals surface area contributed by atoms with E-state index in [4.69, 9.17) is 0 Å². The minimum atomic E-state index is 0.0130. The second-order valence-corrected chi connectivity index (χ2v) is 23.9. The third kappa shape index (κ3) is 7.64. The van der Waals surface area contributed by atoms with Gasteiger partial charge in [-0.25, -0.2) is 0 Å². The first-order valence-electron chi connectivity index (χ1n) is 25.3. The summed E-state index contributed by atoms with van der Waals surface area (Å²) in [6.45, 7) is 27.6. The van der Waals surface area contributed by atoms with Gasteiger partial charge in [0.25, 0.3) is 0 Å². The van der Waals surface area contributed by atoms with Gasteiger partial charge in [-0.2, -0.15) is 0 Å². The molecular weight excluding hydrogens is 845 g/mol. The van der Waals surface area contributed by atoms with Crippen LogP contribution >= 0.6 is 0 Å². The lowest BCUT2D eigenvalue weighted by molar-refractivity contribution is 0.590. The molecule has 11 rings (SSSR count). The largest absolute Gasteiger partial charge is 0.309 e. The van der Waals surface area contributed by atoms with Gasteiger partial charge in [0.1, 0.15) is 0 Å². The van der Waals surface area contributed by atoms with Crippen LogP contribution in [0.15, 0.2) is 182 Å². The molecule has 2 heteroatoms. The molecule has 1 aliphatic carbocycles. The molecule has 10 aromatic rings. The third-order valence-corrected chi connectivity index (χ3v) is 15.0. The van der Waals surface area contributed by atoms with Crippen molar-refractivity contribution >= 4 is 77.2 Å². The summed E-state index contributed by atoms with van der Waals surface area (Å²) in [6.07, 6.45) is 0. The first kappa shape index (κ1) is 45.3. The van der Waals surface area contributed by atoms with E-state index < -0.39 is 0 Å². The van der Waals surface area contributed by atoms with Crippen LogP contribution in [0.3, 0.4) is 0 Å². The molecule has 0 aliphatic heterocycles. The Morgan fingerprint density at radius 3 is 0.957 bits per heavy atom. The van der Waals surface area contributed by atoms with Crippen molar-refractivity contribution in [1.29, 1.82) is 0 Å². The number of nitrogens with zero attached hydrogens (tertiary/aromatic N) is 2. The topological polar surface area (TPSA) is 6.48 Å². The quantitative estimate of drug-likeness (QED) is 0.0932. The highest BCUT2D eigenvalue weighted by Crippen LogP contribution is 2.57. The van der Waals surface area contributed by atoms with E-state index in [1.54, 1.807) is 0 Å². The monoisotopic (exact) mass is 911 g/mol. The number of anilines is 6. The molecule has 0 saturated heterocycles. The summed E-state index contributed by atoms with van der Waals surface area (Å²) >= 11 is 0. The maximum Gasteiger partial charge on any atom is 0.0620 e. The smallest absolute Gasteiger partial charge is 0.0620 e. The predicted octanol–water partition coefficient (Wildman–Crippen LogP) is 20.1. The predicted molar refractivity (Wildman–Crippen MR) is 305 cm³/mol. The van der Waals surface area contributed by atoms with Crippen LogP contribution in [0.2, 0.25) is 0 Å². The number of fused-ring (bicyclic) bond motifs is 7. The van der Waals surface area contributed by atoms with Gasteiger partial charge in [0, 0.05) is 44.3 Å². The van der Waals surface area contributed by atoms with Crippen molar-refractivity contribution in [2.45, 2.75) is 105 Å². The highest BCUT2D eigenvalue weighted by molar-refractivity contribution is 6.29. The molecule has 10 aromatic carbocycles. The summed E-state index contributed by atoms with van der Waals surface area (Å²) < 4.78 is 0. The Labute approximate surface area is 416 Å². The molecule has 0 heterocycles. The summed E-state index contributed by atoms with van der Waals surface area (Å²) in [5.74, 6) is 0. The maximum atomic E-state index is 2.54. The van der Waals surface area contributed by atoms with E-state index in [9.17, 15) is 0 Å². The molecule has 0 aromatic heterocycles. The summed E-state index contributed by atoms with van der Waals surface area (Å²) in [5.41, 5.74) is 17.3. The molecule has 1 aliphatic rings. The van der Waals surface area contributed by atoms with Gasteiger partial charge in [-0.1, -0.05) is 198 Å². The van der Waals surface area contributed by atoms with E-state index in [0.717, 1.165) is 22.7 Å². The first-order valence-corrected chi connectivity index (χ1v) is 25.3. The lowest BCUT2D eigenvalue weighted by atomic mass is 9.86. The van der Waals surface area contributed by atoms with E-state index in [-0.39, 0.29) is 21.7 Å². The molecule has 348 valence electrons. The zero-order valence-corrected chi connectivity index (χ0v) is 43.2. The summed E-state index contributed by atoms with van der Waals surface area (Å²) in [5, 5.41) is 9.96. The molecule has 0 radical (unpaired) electrons. The van der Waals surface area contributed by atoms with Crippen LogP contribution in [-0.2, 0) is 21.7 Å². The average Bonchev–Trinajstić information content (AvgIpc) is 3.64. The number of hydrogen-bond donors (Lipinski definition) is 0. The van der Waals surface area contributed by atoms with Gasteiger partial charge in [-0.15, -0.1) is 0 Å². The normalized spacial score (nSPS) is 12.9. The molecule has 70 heavy (non-hydrogen) atoms. The van der Waals surface area contributed by atoms with Gasteiger partial charge >= 0.3 is 0 Å². The van der Waals surface area contributed by atoms with Gasteiger partial charge in [-0.3, -0.25) is 0 Å². The van der Waals surface area contributed by atoms with Crippen molar-refractivity contribution in [2.75, 3.05) is 9.80 Å². The van der Waals surface area contributed by atoms with Crippen molar-refractivity contribution in [1.82, 2.24) is 0 Å². The van der Waals surface area contributed by atoms with Crippen LogP contribution in [0.25, 0.3) is 65.3 Å². The van der Waals surface area contributed by atoms with Crippen molar-refractivity contribution in [2.24, 2.45) is 0 Å².